The van der Waals surface area contributed by atoms with Gasteiger partial charge in [0.15, 0.2) is 5.82 Å². The summed E-state index contributed by atoms with van der Waals surface area (Å²) >= 11 is 0. The lowest BCUT2D eigenvalue weighted by molar-refractivity contribution is -0.125. The van der Waals surface area contributed by atoms with E-state index in [1.807, 2.05) is 11.5 Å². The van der Waals surface area contributed by atoms with Crippen LogP contribution in [0.1, 0.15) is 32.0 Å². The molecule has 2 atom stereocenters. The Hall–Kier alpha value is -1.39. The van der Waals surface area contributed by atoms with E-state index in [0.717, 1.165) is 37.0 Å². The molecular weight excluding hydrogens is 216 g/mol. The third-order valence-corrected chi connectivity index (χ3v) is 4.07. The lowest BCUT2D eigenvalue weighted by atomic mass is 10.0. The van der Waals surface area contributed by atoms with Crippen molar-refractivity contribution in [1.29, 1.82) is 0 Å². The number of aromatic nitrogens is 3. The van der Waals surface area contributed by atoms with Gasteiger partial charge < -0.3 is 9.88 Å². The fourth-order valence-electron chi connectivity index (χ4n) is 2.92. The van der Waals surface area contributed by atoms with E-state index in [1.165, 1.54) is 6.42 Å². The highest BCUT2D eigenvalue weighted by molar-refractivity contribution is 5.79. The second-order valence-corrected chi connectivity index (χ2v) is 5.18. The van der Waals surface area contributed by atoms with Crippen molar-refractivity contribution in [2.24, 2.45) is 17.8 Å². The minimum atomic E-state index is 0.197. The molecule has 2 saturated carbocycles. The van der Waals surface area contributed by atoms with Gasteiger partial charge in [0.05, 0.1) is 6.54 Å². The van der Waals surface area contributed by atoms with Crippen molar-refractivity contribution >= 4 is 5.91 Å². The molecule has 0 aliphatic heterocycles. The Bertz CT molecular complexity index is 418. The highest BCUT2D eigenvalue weighted by atomic mass is 16.1. The van der Waals surface area contributed by atoms with Gasteiger partial charge in [0, 0.05) is 12.5 Å². The first-order valence-electron chi connectivity index (χ1n) is 6.42. The summed E-state index contributed by atoms with van der Waals surface area (Å²) in [7, 11) is 0. The number of amides is 1. The fourth-order valence-corrected chi connectivity index (χ4v) is 2.92. The first-order chi connectivity index (χ1) is 8.28. The number of aryl methyl sites for hydroxylation is 1. The first-order valence-corrected chi connectivity index (χ1v) is 6.42. The second kappa shape index (κ2) is 4.13. The molecule has 0 radical (unpaired) electrons. The number of rotatable bonds is 4. The molecule has 1 amide bonds. The zero-order valence-electron chi connectivity index (χ0n) is 10.1. The number of hydrogen-bond acceptors (Lipinski definition) is 3. The van der Waals surface area contributed by atoms with Crippen LogP contribution in [0.5, 0.6) is 0 Å². The molecule has 1 N–H and O–H groups in total. The molecule has 5 heteroatoms. The van der Waals surface area contributed by atoms with Crippen LogP contribution in [0.2, 0.25) is 0 Å². The molecule has 3 rings (SSSR count). The molecule has 92 valence electrons. The Morgan fingerprint density at radius 2 is 2.24 bits per heavy atom. The second-order valence-electron chi connectivity index (χ2n) is 5.18. The molecule has 2 fully saturated rings. The zero-order chi connectivity index (χ0) is 11.8. The van der Waals surface area contributed by atoms with E-state index in [-0.39, 0.29) is 11.8 Å². The number of carbonyl (C=O) groups excluding carboxylic acids is 1. The summed E-state index contributed by atoms with van der Waals surface area (Å²) in [4.78, 5) is 11.9. The van der Waals surface area contributed by atoms with Gasteiger partial charge >= 0.3 is 0 Å². The number of carbonyl (C=O) groups is 1. The molecule has 1 heterocycles. The summed E-state index contributed by atoms with van der Waals surface area (Å²) in [5.74, 6) is 2.98. The highest BCUT2D eigenvalue weighted by Crippen LogP contribution is 2.54. The average Bonchev–Trinajstić information content (AvgIpc) is 2.81. The molecule has 2 unspecified atom stereocenters. The average molecular weight is 234 g/mol. The molecule has 2 aliphatic carbocycles. The van der Waals surface area contributed by atoms with E-state index in [1.54, 1.807) is 6.33 Å². The van der Waals surface area contributed by atoms with Crippen LogP contribution in [0.4, 0.5) is 0 Å². The van der Waals surface area contributed by atoms with Crippen LogP contribution in [-0.2, 0) is 17.9 Å². The minimum Gasteiger partial charge on any atom is -0.349 e. The summed E-state index contributed by atoms with van der Waals surface area (Å²) in [5, 5.41) is 10.8. The van der Waals surface area contributed by atoms with Crippen LogP contribution >= 0.6 is 0 Å². The Morgan fingerprint density at radius 3 is 2.94 bits per heavy atom. The van der Waals surface area contributed by atoms with E-state index in [2.05, 4.69) is 15.5 Å². The molecule has 5 nitrogen and oxygen atoms in total. The van der Waals surface area contributed by atoms with Gasteiger partial charge in [-0.15, -0.1) is 10.2 Å². The predicted octanol–water partition coefficient (Wildman–Crippen LogP) is 0.960. The van der Waals surface area contributed by atoms with Gasteiger partial charge in [0.25, 0.3) is 0 Å². The van der Waals surface area contributed by atoms with Gasteiger partial charge in [-0.3, -0.25) is 4.79 Å². The number of hydrogen-bond donors (Lipinski definition) is 1. The maximum Gasteiger partial charge on any atom is 0.223 e. The quantitative estimate of drug-likeness (QED) is 0.844. The highest BCUT2D eigenvalue weighted by Gasteiger charge is 2.47. The van der Waals surface area contributed by atoms with Gasteiger partial charge in [0.2, 0.25) is 5.91 Å². The van der Waals surface area contributed by atoms with Crippen molar-refractivity contribution in [3.8, 4) is 0 Å². The van der Waals surface area contributed by atoms with E-state index in [9.17, 15) is 4.79 Å². The molecule has 17 heavy (non-hydrogen) atoms. The maximum atomic E-state index is 11.9. The third-order valence-electron chi connectivity index (χ3n) is 4.07. The zero-order valence-corrected chi connectivity index (χ0v) is 10.1. The van der Waals surface area contributed by atoms with Crippen LogP contribution in [0, 0.1) is 17.8 Å². The Labute approximate surface area is 101 Å². The van der Waals surface area contributed by atoms with E-state index in [4.69, 9.17) is 0 Å². The molecule has 0 saturated heterocycles. The summed E-state index contributed by atoms with van der Waals surface area (Å²) in [6, 6.07) is 0. The van der Waals surface area contributed by atoms with Gasteiger partial charge in [0.1, 0.15) is 6.33 Å². The van der Waals surface area contributed by atoms with Crippen LogP contribution in [0.25, 0.3) is 0 Å². The smallest absolute Gasteiger partial charge is 0.223 e. The molecule has 1 aromatic heterocycles. The van der Waals surface area contributed by atoms with E-state index >= 15 is 0 Å². The fraction of sp³-hybridized carbons (Fsp3) is 0.750. The normalized spacial score (nSPS) is 30.1. The SMILES string of the molecule is CCn1cnnc1CNC(=O)C1CC2CC2C1. The van der Waals surface area contributed by atoms with Crippen molar-refractivity contribution in [1.82, 2.24) is 20.1 Å². The number of fused-ring (bicyclic) bond motifs is 1. The van der Waals surface area contributed by atoms with Crippen molar-refractivity contribution in [2.75, 3.05) is 0 Å². The van der Waals surface area contributed by atoms with Crippen LogP contribution < -0.4 is 5.32 Å². The maximum absolute atomic E-state index is 11.9. The van der Waals surface area contributed by atoms with Crippen LogP contribution in [0.15, 0.2) is 6.33 Å². The summed E-state index contributed by atoms with van der Waals surface area (Å²) in [6.45, 7) is 3.38. The van der Waals surface area contributed by atoms with Crippen LogP contribution in [-0.4, -0.2) is 20.7 Å². The number of nitrogens with one attached hydrogen (secondary N) is 1. The van der Waals surface area contributed by atoms with Crippen molar-refractivity contribution < 1.29 is 4.79 Å². The predicted molar refractivity (Wildman–Crippen MR) is 61.9 cm³/mol. The molecule has 1 aromatic rings. The van der Waals surface area contributed by atoms with E-state index in [0.29, 0.717) is 6.54 Å². The standard InChI is InChI=1S/C12H18N4O/c1-2-16-7-14-15-11(16)6-13-12(17)10-4-8-3-9(8)5-10/h7-10H,2-6H2,1H3,(H,13,17). The Kier molecular flexibility index (Phi) is 2.61. The van der Waals surface area contributed by atoms with Gasteiger partial charge in [-0.2, -0.15) is 0 Å². The van der Waals surface area contributed by atoms with E-state index < -0.39 is 0 Å². The topological polar surface area (TPSA) is 59.8 Å². The van der Waals surface area contributed by atoms with Crippen LogP contribution in [0.3, 0.4) is 0 Å². The minimum absolute atomic E-state index is 0.197. The molecular formula is C12H18N4O. The molecule has 0 aromatic carbocycles. The molecule has 2 aliphatic rings. The van der Waals surface area contributed by atoms with Gasteiger partial charge in [-0.1, -0.05) is 0 Å². The largest absolute Gasteiger partial charge is 0.349 e. The number of nitrogens with zero attached hydrogens (tertiary/aromatic N) is 3. The summed E-state index contributed by atoms with van der Waals surface area (Å²) < 4.78 is 1.95. The van der Waals surface area contributed by atoms with Crippen molar-refractivity contribution in [3.05, 3.63) is 12.2 Å². The lowest BCUT2D eigenvalue weighted by Crippen LogP contribution is -2.30. The van der Waals surface area contributed by atoms with Gasteiger partial charge in [-0.05, 0) is 38.0 Å². The third kappa shape index (κ3) is 2.06. The Balaban J connectivity index is 1.52. The Morgan fingerprint density at radius 1 is 1.47 bits per heavy atom. The first kappa shape index (κ1) is 10.7. The molecule has 0 spiro atoms. The van der Waals surface area contributed by atoms with Crippen molar-refractivity contribution in [2.45, 2.75) is 39.3 Å². The van der Waals surface area contributed by atoms with Crippen molar-refractivity contribution in [3.63, 3.8) is 0 Å². The monoisotopic (exact) mass is 234 g/mol. The molecule has 0 bridgehead atoms. The lowest BCUT2D eigenvalue weighted by Gasteiger charge is -2.12. The summed E-state index contributed by atoms with van der Waals surface area (Å²) in [5.41, 5.74) is 0. The van der Waals surface area contributed by atoms with Gasteiger partial charge in [-0.25, -0.2) is 0 Å². The summed E-state index contributed by atoms with van der Waals surface area (Å²) in [6.07, 6.45) is 5.24.